The van der Waals surface area contributed by atoms with Crippen molar-refractivity contribution in [2.75, 3.05) is 5.75 Å². The van der Waals surface area contributed by atoms with Crippen molar-refractivity contribution in [1.82, 2.24) is 15.4 Å². The number of hydrogen-bond donors (Lipinski definition) is 1. The minimum Gasteiger partial charge on any atom is -0.455 e. The Hall–Kier alpha value is -3.26. The van der Waals surface area contributed by atoms with Gasteiger partial charge in [-0.3, -0.25) is 9.59 Å². The molecule has 2 heterocycles. The quantitative estimate of drug-likeness (QED) is 0.210. The van der Waals surface area contributed by atoms with E-state index in [-0.39, 0.29) is 17.4 Å². The Labute approximate surface area is 172 Å². The van der Waals surface area contributed by atoms with Crippen LogP contribution in [-0.4, -0.2) is 33.6 Å². The van der Waals surface area contributed by atoms with Gasteiger partial charge in [0, 0.05) is 22.5 Å². The van der Waals surface area contributed by atoms with Gasteiger partial charge in [-0.1, -0.05) is 36.0 Å². The molecular weight excluding hydrogens is 388 g/mol. The second-order valence-corrected chi connectivity index (χ2v) is 7.29. The number of furan rings is 1. The molecule has 2 aromatic heterocycles. The van der Waals surface area contributed by atoms with Crippen LogP contribution in [0.1, 0.15) is 34.4 Å². The first kappa shape index (κ1) is 20.5. The number of carbonyl (C=O) groups is 2. The Bertz CT molecular complexity index is 1040. The number of hydrazone groups is 1. The van der Waals surface area contributed by atoms with E-state index in [1.807, 2.05) is 32.0 Å². The topological polar surface area (TPSA) is 97.5 Å². The molecule has 0 radical (unpaired) electrons. The third-order valence-corrected chi connectivity index (χ3v) is 4.73. The largest absolute Gasteiger partial charge is 0.455 e. The third kappa shape index (κ3) is 5.86. The highest BCUT2D eigenvalue weighted by molar-refractivity contribution is 7.99. The van der Waals surface area contributed by atoms with Gasteiger partial charge in [0.1, 0.15) is 11.5 Å². The number of aryl methyl sites for hydroxylation is 2. The zero-order valence-corrected chi connectivity index (χ0v) is 17.1. The third-order valence-electron chi connectivity index (χ3n) is 3.88. The predicted octanol–water partition coefficient (Wildman–Crippen LogP) is 3.80. The molecule has 29 heavy (non-hydrogen) atoms. The van der Waals surface area contributed by atoms with Gasteiger partial charge in [-0.05, 0) is 39.0 Å². The van der Waals surface area contributed by atoms with E-state index in [9.17, 15) is 9.59 Å². The summed E-state index contributed by atoms with van der Waals surface area (Å²) >= 11 is 1.25. The molecule has 0 bridgehead atoms. The molecule has 3 aromatic rings. The Balaban J connectivity index is 1.52. The van der Waals surface area contributed by atoms with Crippen LogP contribution in [0.3, 0.4) is 0 Å². The van der Waals surface area contributed by atoms with Gasteiger partial charge in [-0.15, -0.1) is 0 Å². The summed E-state index contributed by atoms with van der Waals surface area (Å²) in [6.07, 6.45) is 1.43. The molecule has 0 aliphatic heterocycles. The molecular formula is C21H20N4O3S. The monoisotopic (exact) mass is 408 g/mol. The zero-order valence-electron chi connectivity index (χ0n) is 16.3. The van der Waals surface area contributed by atoms with E-state index in [1.54, 1.807) is 24.3 Å². The van der Waals surface area contributed by atoms with Crippen molar-refractivity contribution in [2.24, 2.45) is 5.10 Å². The number of carbonyl (C=O) groups excluding carboxylic acids is 2. The fourth-order valence-electron chi connectivity index (χ4n) is 2.53. The van der Waals surface area contributed by atoms with E-state index in [1.165, 1.54) is 24.9 Å². The lowest BCUT2D eigenvalue weighted by Crippen LogP contribution is -2.19. The van der Waals surface area contributed by atoms with Gasteiger partial charge in [0.2, 0.25) is 0 Å². The molecule has 1 amide bonds. The highest BCUT2D eigenvalue weighted by atomic mass is 32.2. The first-order valence-corrected chi connectivity index (χ1v) is 9.87. The number of aromatic nitrogens is 2. The highest BCUT2D eigenvalue weighted by Crippen LogP contribution is 2.22. The SMILES string of the molecule is CC(=O)c1ccc(-c2ccc(C=NNC(=O)CSc3nc(C)cc(C)n3)o2)cc1. The average Bonchev–Trinajstić information content (AvgIpc) is 3.14. The van der Waals surface area contributed by atoms with Crippen LogP contribution in [-0.2, 0) is 4.79 Å². The molecule has 148 valence electrons. The summed E-state index contributed by atoms with van der Waals surface area (Å²) in [5, 5.41) is 4.48. The van der Waals surface area contributed by atoms with Crippen LogP contribution < -0.4 is 5.43 Å². The minimum atomic E-state index is -0.263. The van der Waals surface area contributed by atoms with Crippen molar-refractivity contribution in [3.8, 4) is 11.3 Å². The predicted molar refractivity (Wildman–Crippen MR) is 112 cm³/mol. The lowest BCUT2D eigenvalue weighted by atomic mass is 10.1. The fraction of sp³-hybridized carbons (Fsp3) is 0.190. The highest BCUT2D eigenvalue weighted by Gasteiger charge is 2.07. The Morgan fingerprint density at radius 3 is 2.45 bits per heavy atom. The van der Waals surface area contributed by atoms with Crippen molar-refractivity contribution < 1.29 is 14.0 Å². The number of Topliss-reactive ketones (excluding diaryl/α,β-unsaturated/α-hetero) is 1. The van der Waals surface area contributed by atoms with Gasteiger partial charge in [0.05, 0.1) is 12.0 Å². The molecule has 0 saturated carbocycles. The van der Waals surface area contributed by atoms with Gasteiger partial charge in [0.15, 0.2) is 10.9 Å². The maximum absolute atomic E-state index is 11.9. The molecule has 8 heteroatoms. The second-order valence-electron chi connectivity index (χ2n) is 6.35. The van der Waals surface area contributed by atoms with E-state index in [0.29, 0.717) is 22.2 Å². The van der Waals surface area contributed by atoms with Crippen LogP contribution in [0.2, 0.25) is 0 Å². The minimum absolute atomic E-state index is 0.0156. The smallest absolute Gasteiger partial charge is 0.250 e. The molecule has 0 aliphatic rings. The normalized spacial score (nSPS) is 11.0. The summed E-state index contributed by atoms with van der Waals surface area (Å²) in [5.74, 6) is 1.06. The summed E-state index contributed by atoms with van der Waals surface area (Å²) in [6, 6.07) is 12.6. The molecule has 0 atom stereocenters. The molecule has 1 aromatic carbocycles. The lowest BCUT2D eigenvalue weighted by Gasteiger charge is -2.02. The van der Waals surface area contributed by atoms with E-state index >= 15 is 0 Å². The molecule has 0 spiro atoms. The van der Waals surface area contributed by atoms with E-state index in [2.05, 4.69) is 20.5 Å². The summed E-state index contributed by atoms with van der Waals surface area (Å²) in [4.78, 5) is 31.8. The molecule has 0 fully saturated rings. The molecule has 7 nitrogen and oxygen atoms in total. The second kappa shape index (κ2) is 9.29. The Kier molecular flexibility index (Phi) is 6.56. The van der Waals surface area contributed by atoms with Crippen molar-refractivity contribution >= 4 is 29.7 Å². The maximum atomic E-state index is 11.9. The van der Waals surface area contributed by atoms with Crippen molar-refractivity contribution in [2.45, 2.75) is 25.9 Å². The standard InChI is InChI=1S/C21H20N4O3S/c1-13-10-14(2)24-21(23-13)29-12-20(27)25-22-11-18-8-9-19(28-18)17-6-4-16(5-7-17)15(3)26/h4-11H,12H2,1-3H3,(H,25,27). The van der Waals surface area contributed by atoms with Crippen LogP contribution in [0.4, 0.5) is 0 Å². The van der Waals surface area contributed by atoms with Crippen LogP contribution >= 0.6 is 11.8 Å². The maximum Gasteiger partial charge on any atom is 0.250 e. The molecule has 3 rings (SSSR count). The van der Waals surface area contributed by atoms with Crippen LogP contribution in [0.25, 0.3) is 11.3 Å². The van der Waals surface area contributed by atoms with Gasteiger partial charge < -0.3 is 4.42 Å². The first-order chi connectivity index (χ1) is 13.9. The summed E-state index contributed by atoms with van der Waals surface area (Å²) in [5.41, 5.74) is 5.68. The van der Waals surface area contributed by atoms with Crippen molar-refractivity contribution in [1.29, 1.82) is 0 Å². The molecule has 0 unspecified atom stereocenters. The Morgan fingerprint density at radius 2 is 1.79 bits per heavy atom. The Morgan fingerprint density at radius 1 is 1.10 bits per heavy atom. The van der Waals surface area contributed by atoms with Gasteiger partial charge in [0.25, 0.3) is 5.91 Å². The fourth-order valence-corrected chi connectivity index (χ4v) is 3.28. The molecule has 1 N–H and O–H groups in total. The number of nitrogens with zero attached hydrogens (tertiary/aromatic N) is 3. The summed E-state index contributed by atoms with van der Waals surface area (Å²) in [7, 11) is 0. The summed E-state index contributed by atoms with van der Waals surface area (Å²) < 4.78 is 5.70. The van der Waals surface area contributed by atoms with E-state index in [4.69, 9.17) is 4.42 Å². The molecule has 0 saturated heterocycles. The lowest BCUT2D eigenvalue weighted by molar-refractivity contribution is -0.118. The van der Waals surface area contributed by atoms with E-state index < -0.39 is 0 Å². The van der Waals surface area contributed by atoms with Crippen LogP contribution in [0.15, 0.2) is 57.1 Å². The van der Waals surface area contributed by atoms with Crippen LogP contribution in [0, 0.1) is 13.8 Å². The van der Waals surface area contributed by atoms with E-state index in [0.717, 1.165) is 17.0 Å². The number of thioether (sulfide) groups is 1. The van der Waals surface area contributed by atoms with Gasteiger partial charge in [-0.25, -0.2) is 15.4 Å². The summed E-state index contributed by atoms with van der Waals surface area (Å²) in [6.45, 7) is 5.30. The number of amides is 1. The van der Waals surface area contributed by atoms with Crippen molar-refractivity contribution in [3.05, 3.63) is 65.2 Å². The number of hydrogen-bond acceptors (Lipinski definition) is 7. The molecule has 0 aliphatic carbocycles. The zero-order chi connectivity index (χ0) is 20.8. The number of nitrogens with one attached hydrogen (secondary N) is 1. The number of rotatable bonds is 7. The average molecular weight is 408 g/mol. The van der Waals surface area contributed by atoms with Gasteiger partial charge >= 0.3 is 0 Å². The van der Waals surface area contributed by atoms with Crippen LogP contribution in [0.5, 0.6) is 0 Å². The van der Waals surface area contributed by atoms with Crippen molar-refractivity contribution in [3.63, 3.8) is 0 Å². The van der Waals surface area contributed by atoms with Gasteiger partial charge in [-0.2, -0.15) is 5.10 Å². The first-order valence-electron chi connectivity index (χ1n) is 8.89. The number of benzene rings is 1. The number of ketones is 1.